The van der Waals surface area contributed by atoms with Crippen molar-refractivity contribution in [1.82, 2.24) is 10.2 Å². The lowest BCUT2D eigenvalue weighted by atomic mass is 10.3. The maximum absolute atomic E-state index is 6.00. The van der Waals surface area contributed by atoms with E-state index in [1.165, 1.54) is 0 Å². The highest BCUT2D eigenvalue weighted by Crippen LogP contribution is 2.28. The number of nitrogens with two attached hydrogens (primary N) is 1. The van der Waals surface area contributed by atoms with E-state index in [9.17, 15) is 0 Å². The van der Waals surface area contributed by atoms with Crippen LogP contribution in [0.5, 0.6) is 5.75 Å². The maximum Gasteiger partial charge on any atom is 0.320 e. The van der Waals surface area contributed by atoms with Crippen molar-refractivity contribution in [2.75, 3.05) is 19.0 Å². The standard InChI is InChI=1S/C11H13ClN4O2/c1-17-9-3-2-7(6-8(9)12)14-11-16-15-10(18-11)4-5-13/h2-3,6H,4-5,13H2,1H3,(H,14,16). The molecule has 0 bridgehead atoms. The summed E-state index contributed by atoms with van der Waals surface area (Å²) in [6.07, 6.45) is 0.554. The maximum atomic E-state index is 6.00. The van der Waals surface area contributed by atoms with Gasteiger partial charge < -0.3 is 20.2 Å². The van der Waals surface area contributed by atoms with E-state index in [-0.39, 0.29) is 0 Å². The Morgan fingerprint density at radius 3 is 2.94 bits per heavy atom. The Morgan fingerprint density at radius 1 is 1.44 bits per heavy atom. The van der Waals surface area contributed by atoms with Crippen molar-refractivity contribution in [1.29, 1.82) is 0 Å². The minimum absolute atomic E-state index is 0.305. The van der Waals surface area contributed by atoms with Gasteiger partial charge in [-0.3, -0.25) is 0 Å². The molecule has 3 N–H and O–H groups in total. The van der Waals surface area contributed by atoms with E-state index < -0.39 is 0 Å². The Kier molecular flexibility index (Phi) is 4.01. The summed E-state index contributed by atoms with van der Waals surface area (Å²) in [6.45, 7) is 0.468. The second-order valence-electron chi connectivity index (χ2n) is 3.51. The van der Waals surface area contributed by atoms with Crippen molar-refractivity contribution in [2.24, 2.45) is 5.73 Å². The molecule has 0 saturated heterocycles. The van der Waals surface area contributed by atoms with Crippen molar-refractivity contribution in [3.8, 4) is 5.75 Å². The van der Waals surface area contributed by atoms with Gasteiger partial charge in [0.1, 0.15) is 5.75 Å². The van der Waals surface area contributed by atoms with Gasteiger partial charge >= 0.3 is 6.01 Å². The van der Waals surface area contributed by atoms with E-state index in [4.69, 9.17) is 26.5 Å². The lowest BCUT2D eigenvalue weighted by molar-refractivity contribution is 0.415. The van der Waals surface area contributed by atoms with E-state index in [1.54, 1.807) is 25.3 Å². The average Bonchev–Trinajstić information content (AvgIpc) is 2.77. The molecule has 0 fully saturated rings. The van der Waals surface area contributed by atoms with Crippen LogP contribution < -0.4 is 15.8 Å². The number of halogens is 1. The van der Waals surface area contributed by atoms with Crippen molar-refractivity contribution >= 4 is 23.3 Å². The van der Waals surface area contributed by atoms with Gasteiger partial charge in [0.05, 0.1) is 12.1 Å². The van der Waals surface area contributed by atoms with Crippen LogP contribution in [0.2, 0.25) is 5.02 Å². The zero-order valence-electron chi connectivity index (χ0n) is 9.81. The molecule has 0 spiro atoms. The van der Waals surface area contributed by atoms with Crippen LogP contribution in [0.4, 0.5) is 11.7 Å². The van der Waals surface area contributed by atoms with Gasteiger partial charge in [-0.15, -0.1) is 5.10 Å². The van der Waals surface area contributed by atoms with Gasteiger partial charge in [0.25, 0.3) is 0 Å². The van der Waals surface area contributed by atoms with Gasteiger partial charge in [-0.1, -0.05) is 16.7 Å². The molecule has 2 rings (SSSR count). The Bertz CT molecular complexity index is 530. The summed E-state index contributed by atoms with van der Waals surface area (Å²) in [7, 11) is 1.56. The van der Waals surface area contributed by atoms with Gasteiger partial charge in [-0.2, -0.15) is 0 Å². The van der Waals surface area contributed by atoms with E-state index >= 15 is 0 Å². The fourth-order valence-corrected chi connectivity index (χ4v) is 1.65. The number of hydrogen-bond donors (Lipinski definition) is 2. The van der Waals surface area contributed by atoms with Gasteiger partial charge in [0.2, 0.25) is 5.89 Å². The van der Waals surface area contributed by atoms with Crippen LogP contribution >= 0.6 is 11.6 Å². The lowest BCUT2D eigenvalue weighted by Crippen LogP contribution is -2.02. The Balaban J connectivity index is 2.10. The topological polar surface area (TPSA) is 86.2 Å². The highest BCUT2D eigenvalue weighted by atomic mass is 35.5. The normalized spacial score (nSPS) is 10.4. The highest BCUT2D eigenvalue weighted by molar-refractivity contribution is 6.32. The quantitative estimate of drug-likeness (QED) is 0.862. The number of nitrogens with zero attached hydrogens (tertiary/aromatic N) is 2. The molecular formula is C11H13ClN4O2. The van der Waals surface area contributed by atoms with Crippen LogP contribution in [0.1, 0.15) is 5.89 Å². The van der Waals surface area contributed by atoms with E-state index in [0.717, 1.165) is 5.69 Å². The van der Waals surface area contributed by atoms with E-state index in [1.807, 2.05) is 0 Å². The summed E-state index contributed by atoms with van der Waals surface area (Å²) < 4.78 is 10.4. The monoisotopic (exact) mass is 268 g/mol. The van der Waals surface area contributed by atoms with Crippen LogP contribution in [0.25, 0.3) is 0 Å². The molecule has 18 heavy (non-hydrogen) atoms. The van der Waals surface area contributed by atoms with Gasteiger partial charge in [0, 0.05) is 18.7 Å². The lowest BCUT2D eigenvalue weighted by Gasteiger charge is -2.05. The van der Waals surface area contributed by atoms with Gasteiger partial charge in [0.15, 0.2) is 0 Å². The van der Waals surface area contributed by atoms with Crippen molar-refractivity contribution in [2.45, 2.75) is 6.42 Å². The predicted molar refractivity (Wildman–Crippen MR) is 68.3 cm³/mol. The zero-order chi connectivity index (χ0) is 13.0. The van der Waals surface area contributed by atoms with Crippen LogP contribution in [0.15, 0.2) is 22.6 Å². The van der Waals surface area contributed by atoms with Crippen LogP contribution in [0.3, 0.4) is 0 Å². The third-order valence-corrected chi connectivity index (χ3v) is 2.52. The molecule has 1 aromatic carbocycles. The summed E-state index contributed by atoms with van der Waals surface area (Å²) in [5, 5.41) is 11.1. The van der Waals surface area contributed by atoms with Crippen molar-refractivity contribution in [3.63, 3.8) is 0 Å². The fraction of sp³-hybridized carbons (Fsp3) is 0.273. The molecule has 96 valence electrons. The molecule has 0 aliphatic carbocycles. The number of nitrogens with one attached hydrogen (secondary N) is 1. The Morgan fingerprint density at radius 2 is 2.28 bits per heavy atom. The molecule has 0 radical (unpaired) electrons. The molecule has 7 heteroatoms. The zero-order valence-corrected chi connectivity index (χ0v) is 10.6. The molecule has 1 aromatic heterocycles. The SMILES string of the molecule is COc1ccc(Nc2nnc(CCN)o2)cc1Cl. The first-order valence-electron chi connectivity index (χ1n) is 5.36. The molecule has 0 atom stereocenters. The second kappa shape index (κ2) is 5.70. The number of anilines is 2. The van der Waals surface area contributed by atoms with Crippen LogP contribution in [0, 0.1) is 0 Å². The third-order valence-electron chi connectivity index (χ3n) is 2.23. The van der Waals surface area contributed by atoms with Crippen LogP contribution in [-0.4, -0.2) is 23.9 Å². The molecule has 0 amide bonds. The summed E-state index contributed by atoms with van der Waals surface area (Å²) >= 11 is 6.00. The van der Waals surface area contributed by atoms with Crippen LogP contribution in [-0.2, 0) is 6.42 Å². The number of benzene rings is 1. The number of rotatable bonds is 5. The second-order valence-corrected chi connectivity index (χ2v) is 3.92. The molecular weight excluding hydrogens is 256 g/mol. The number of methoxy groups -OCH3 is 1. The van der Waals surface area contributed by atoms with Gasteiger partial charge in [-0.05, 0) is 18.2 Å². The highest BCUT2D eigenvalue weighted by Gasteiger charge is 2.07. The average molecular weight is 269 g/mol. The first-order chi connectivity index (χ1) is 8.72. The summed E-state index contributed by atoms with van der Waals surface area (Å²) in [5.41, 5.74) is 6.13. The molecule has 0 saturated carbocycles. The predicted octanol–water partition coefficient (Wildman–Crippen LogP) is 1.98. The number of aromatic nitrogens is 2. The van der Waals surface area contributed by atoms with Crippen molar-refractivity contribution in [3.05, 3.63) is 29.1 Å². The minimum Gasteiger partial charge on any atom is -0.495 e. The Labute approximate surface area is 109 Å². The Hall–Kier alpha value is -1.79. The van der Waals surface area contributed by atoms with E-state index in [2.05, 4.69) is 15.5 Å². The third kappa shape index (κ3) is 2.91. The molecule has 0 aliphatic rings. The van der Waals surface area contributed by atoms with Crippen molar-refractivity contribution < 1.29 is 9.15 Å². The number of ether oxygens (including phenoxy) is 1. The molecule has 2 aromatic rings. The fourth-order valence-electron chi connectivity index (χ4n) is 1.40. The first-order valence-corrected chi connectivity index (χ1v) is 5.73. The summed E-state index contributed by atoms with van der Waals surface area (Å²) in [6, 6.07) is 5.58. The molecule has 6 nitrogen and oxygen atoms in total. The summed E-state index contributed by atoms with van der Waals surface area (Å²) in [5.74, 6) is 1.11. The smallest absolute Gasteiger partial charge is 0.320 e. The molecule has 0 aliphatic heterocycles. The van der Waals surface area contributed by atoms with E-state index in [0.29, 0.717) is 35.6 Å². The minimum atomic E-state index is 0.305. The summed E-state index contributed by atoms with van der Waals surface area (Å²) in [4.78, 5) is 0. The van der Waals surface area contributed by atoms with Gasteiger partial charge in [-0.25, -0.2) is 0 Å². The largest absolute Gasteiger partial charge is 0.495 e. The molecule has 0 unspecified atom stereocenters. The first kappa shape index (κ1) is 12.7. The number of hydrogen-bond acceptors (Lipinski definition) is 6. The molecule has 1 heterocycles.